The highest BCUT2D eigenvalue weighted by Crippen LogP contribution is 2.33. The summed E-state index contributed by atoms with van der Waals surface area (Å²) in [7, 11) is 0. The summed E-state index contributed by atoms with van der Waals surface area (Å²) in [5.74, 6) is -0.0543. The first-order chi connectivity index (χ1) is 13.0. The quantitative estimate of drug-likeness (QED) is 0.662. The topological polar surface area (TPSA) is 98.0 Å². The van der Waals surface area contributed by atoms with Gasteiger partial charge in [0.25, 0.3) is 0 Å². The second-order valence-electron chi connectivity index (χ2n) is 6.95. The van der Waals surface area contributed by atoms with Gasteiger partial charge < -0.3 is 24.3 Å². The van der Waals surface area contributed by atoms with Crippen LogP contribution in [0.25, 0.3) is 0 Å². The molecule has 0 saturated heterocycles. The first-order valence-corrected chi connectivity index (χ1v) is 9.17. The van der Waals surface area contributed by atoms with E-state index in [0.717, 1.165) is 0 Å². The SMILES string of the molecule is CC(C)(C)OC(=O)NC(Cc1ccc(COc2c(Cl)cccc2Cl)o1)C(=O)O. The average molecular weight is 430 g/mol. The standard InChI is InChI=1S/C19H21Cl2NO6/c1-19(2,3)28-18(25)22-15(17(23)24)9-11-7-8-12(27-11)10-26-16-13(20)5-4-6-14(16)21/h4-8,15H,9-10H2,1-3H3,(H,22,25)(H,23,24). The molecule has 0 aliphatic rings. The van der Waals surface area contributed by atoms with Gasteiger partial charge >= 0.3 is 12.1 Å². The van der Waals surface area contributed by atoms with Crippen LogP contribution in [0.5, 0.6) is 5.75 Å². The molecule has 0 bridgehead atoms. The highest BCUT2D eigenvalue weighted by atomic mass is 35.5. The van der Waals surface area contributed by atoms with Crippen LogP contribution >= 0.6 is 23.2 Å². The van der Waals surface area contributed by atoms with Crippen LogP contribution in [-0.2, 0) is 22.6 Å². The van der Waals surface area contributed by atoms with Crippen LogP contribution < -0.4 is 10.1 Å². The largest absolute Gasteiger partial charge is 0.483 e. The zero-order chi connectivity index (χ0) is 20.9. The third kappa shape index (κ3) is 6.65. The van der Waals surface area contributed by atoms with Gasteiger partial charge in [0.2, 0.25) is 0 Å². The number of carboxylic acids is 1. The second-order valence-corrected chi connectivity index (χ2v) is 7.76. The summed E-state index contributed by atoms with van der Waals surface area (Å²) in [4.78, 5) is 23.3. The molecular weight excluding hydrogens is 409 g/mol. The van der Waals surface area contributed by atoms with Crippen molar-refractivity contribution in [1.82, 2.24) is 5.32 Å². The van der Waals surface area contributed by atoms with E-state index in [4.69, 9.17) is 37.1 Å². The van der Waals surface area contributed by atoms with Crippen molar-refractivity contribution in [3.05, 3.63) is 51.9 Å². The normalized spacial score (nSPS) is 12.3. The monoisotopic (exact) mass is 429 g/mol. The van der Waals surface area contributed by atoms with Gasteiger partial charge in [-0.25, -0.2) is 9.59 Å². The molecule has 2 N–H and O–H groups in total. The lowest BCUT2D eigenvalue weighted by molar-refractivity contribution is -0.139. The molecule has 2 aromatic rings. The summed E-state index contributed by atoms with van der Waals surface area (Å²) in [6, 6.07) is 7.05. The summed E-state index contributed by atoms with van der Waals surface area (Å²) >= 11 is 12.1. The molecular formula is C19H21Cl2NO6. The molecule has 0 saturated carbocycles. The van der Waals surface area contributed by atoms with Crippen LogP contribution in [0.2, 0.25) is 10.0 Å². The first-order valence-electron chi connectivity index (χ1n) is 8.42. The Labute approximate surface area is 172 Å². The summed E-state index contributed by atoms with van der Waals surface area (Å²) in [5, 5.41) is 12.4. The average Bonchev–Trinajstić information content (AvgIpc) is 2.99. The summed E-state index contributed by atoms with van der Waals surface area (Å²) in [6.45, 7) is 5.12. The molecule has 0 fully saturated rings. The van der Waals surface area contributed by atoms with Gasteiger partial charge in [-0.05, 0) is 45.0 Å². The second kappa shape index (κ2) is 9.21. The van der Waals surface area contributed by atoms with E-state index in [2.05, 4.69) is 5.32 Å². The highest BCUT2D eigenvalue weighted by molar-refractivity contribution is 6.37. The number of benzene rings is 1. The van der Waals surface area contributed by atoms with Gasteiger partial charge in [-0.3, -0.25) is 0 Å². The zero-order valence-corrected chi connectivity index (χ0v) is 17.1. The van der Waals surface area contributed by atoms with Crippen molar-refractivity contribution in [3.8, 4) is 5.75 Å². The van der Waals surface area contributed by atoms with Gasteiger partial charge in [0.1, 0.15) is 29.8 Å². The number of hydrogen-bond donors (Lipinski definition) is 2. The number of para-hydroxylation sites is 1. The lowest BCUT2D eigenvalue weighted by Crippen LogP contribution is -2.44. The number of furan rings is 1. The van der Waals surface area contributed by atoms with Crippen LogP contribution in [0.1, 0.15) is 32.3 Å². The number of carboxylic acid groups (broad SMARTS) is 1. The van der Waals surface area contributed by atoms with Gasteiger partial charge in [-0.15, -0.1) is 0 Å². The lowest BCUT2D eigenvalue weighted by Gasteiger charge is -2.21. The van der Waals surface area contributed by atoms with Gasteiger partial charge in [-0.2, -0.15) is 0 Å². The Morgan fingerprint density at radius 1 is 1.14 bits per heavy atom. The number of halogens is 2. The van der Waals surface area contributed by atoms with Crippen LogP contribution in [0.3, 0.4) is 0 Å². The molecule has 9 heteroatoms. The number of ether oxygens (including phenoxy) is 2. The molecule has 1 atom stereocenters. The van der Waals surface area contributed by atoms with E-state index >= 15 is 0 Å². The van der Waals surface area contributed by atoms with Crippen molar-refractivity contribution >= 4 is 35.3 Å². The van der Waals surface area contributed by atoms with Crippen LogP contribution in [0.15, 0.2) is 34.7 Å². The molecule has 7 nitrogen and oxygen atoms in total. The highest BCUT2D eigenvalue weighted by Gasteiger charge is 2.25. The summed E-state index contributed by atoms with van der Waals surface area (Å²) in [5.41, 5.74) is -0.734. The molecule has 28 heavy (non-hydrogen) atoms. The Balaban J connectivity index is 1.97. The number of carbonyl (C=O) groups excluding carboxylic acids is 1. The minimum atomic E-state index is -1.21. The van der Waals surface area contributed by atoms with Crippen molar-refractivity contribution in [3.63, 3.8) is 0 Å². The number of carbonyl (C=O) groups is 2. The van der Waals surface area contributed by atoms with E-state index in [0.29, 0.717) is 27.3 Å². The molecule has 0 aliphatic carbocycles. The van der Waals surface area contributed by atoms with Crippen molar-refractivity contribution in [2.24, 2.45) is 0 Å². The lowest BCUT2D eigenvalue weighted by atomic mass is 10.1. The maximum atomic E-state index is 11.8. The van der Waals surface area contributed by atoms with Crippen LogP contribution in [0.4, 0.5) is 4.79 Å². The Bertz CT molecular complexity index is 823. The molecule has 1 heterocycles. The van der Waals surface area contributed by atoms with Crippen LogP contribution in [0, 0.1) is 0 Å². The molecule has 1 unspecified atom stereocenters. The number of nitrogens with one attached hydrogen (secondary N) is 1. The van der Waals surface area contributed by atoms with Gasteiger partial charge in [0.15, 0.2) is 5.75 Å². The number of aliphatic carboxylic acids is 1. The fourth-order valence-electron chi connectivity index (χ4n) is 2.22. The third-order valence-electron chi connectivity index (χ3n) is 3.39. The van der Waals surface area contributed by atoms with Crippen molar-refractivity contribution in [2.75, 3.05) is 0 Å². The van der Waals surface area contributed by atoms with Gasteiger partial charge in [-0.1, -0.05) is 29.3 Å². The molecule has 0 aliphatic heterocycles. The predicted octanol–water partition coefficient (Wildman–Crippen LogP) is 4.69. The van der Waals surface area contributed by atoms with Gasteiger partial charge in [0, 0.05) is 6.42 Å². The Morgan fingerprint density at radius 3 is 2.32 bits per heavy atom. The molecule has 2 rings (SSSR count). The molecule has 152 valence electrons. The van der Waals surface area contributed by atoms with E-state index in [-0.39, 0.29) is 13.0 Å². The maximum Gasteiger partial charge on any atom is 0.408 e. The minimum absolute atomic E-state index is 0.0541. The molecule has 0 radical (unpaired) electrons. The molecule has 0 spiro atoms. The summed E-state index contributed by atoms with van der Waals surface area (Å²) < 4.78 is 16.2. The smallest absolute Gasteiger partial charge is 0.408 e. The number of rotatable bonds is 7. The fraction of sp³-hybridized carbons (Fsp3) is 0.368. The van der Waals surface area contributed by atoms with E-state index < -0.39 is 23.7 Å². The number of amides is 1. The molecule has 1 amide bonds. The third-order valence-corrected chi connectivity index (χ3v) is 3.98. The van der Waals surface area contributed by atoms with Crippen LogP contribution in [-0.4, -0.2) is 28.8 Å². The number of alkyl carbamates (subject to hydrolysis) is 1. The predicted molar refractivity (Wildman–Crippen MR) is 104 cm³/mol. The van der Waals surface area contributed by atoms with Crippen molar-refractivity contribution < 1.29 is 28.6 Å². The fourth-order valence-corrected chi connectivity index (χ4v) is 2.73. The first kappa shape index (κ1) is 21.9. The molecule has 1 aromatic heterocycles. The summed E-state index contributed by atoms with van der Waals surface area (Å²) in [6.07, 6.45) is -0.870. The molecule has 1 aromatic carbocycles. The van der Waals surface area contributed by atoms with Crippen molar-refractivity contribution in [2.45, 2.75) is 45.4 Å². The minimum Gasteiger partial charge on any atom is -0.483 e. The zero-order valence-electron chi connectivity index (χ0n) is 15.6. The number of hydrogen-bond acceptors (Lipinski definition) is 5. The maximum absolute atomic E-state index is 11.8. The Morgan fingerprint density at radius 2 is 1.75 bits per heavy atom. The van der Waals surface area contributed by atoms with E-state index in [1.165, 1.54) is 0 Å². The van der Waals surface area contributed by atoms with E-state index in [1.807, 2.05) is 0 Å². The Hall–Kier alpha value is -2.38. The van der Waals surface area contributed by atoms with E-state index in [1.54, 1.807) is 51.1 Å². The van der Waals surface area contributed by atoms with Crippen molar-refractivity contribution in [1.29, 1.82) is 0 Å². The Kier molecular flexibility index (Phi) is 7.21. The van der Waals surface area contributed by atoms with E-state index in [9.17, 15) is 14.7 Å². The van der Waals surface area contributed by atoms with Gasteiger partial charge in [0.05, 0.1) is 10.0 Å².